The van der Waals surface area contributed by atoms with Gasteiger partial charge in [-0.25, -0.2) is 4.39 Å². The van der Waals surface area contributed by atoms with Gasteiger partial charge in [0.2, 0.25) is 6.41 Å². The van der Waals surface area contributed by atoms with Crippen molar-refractivity contribution in [3.05, 3.63) is 51.8 Å². The fraction of sp³-hybridized carbons (Fsp3) is 0.545. The second kappa shape index (κ2) is 13.8. The summed E-state index contributed by atoms with van der Waals surface area (Å²) in [5.74, 6) is 0.256. The van der Waals surface area contributed by atoms with Crippen LogP contribution in [0.25, 0.3) is 0 Å². The van der Waals surface area contributed by atoms with Crippen LogP contribution in [0, 0.1) is 18.2 Å². The first-order chi connectivity index (χ1) is 20.2. The van der Waals surface area contributed by atoms with Gasteiger partial charge in [-0.1, -0.05) is 20.8 Å². The molecule has 1 N–H and O–H groups in total. The van der Waals surface area contributed by atoms with Crippen LogP contribution in [0.2, 0.25) is 0 Å². The van der Waals surface area contributed by atoms with E-state index in [1.165, 1.54) is 0 Å². The third kappa shape index (κ3) is 7.12. The summed E-state index contributed by atoms with van der Waals surface area (Å²) in [4.78, 5) is 26.9. The van der Waals surface area contributed by atoms with Gasteiger partial charge in [0, 0.05) is 24.2 Å². The third-order valence-corrected chi connectivity index (χ3v) is 7.72. The van der Waals surface area contributed by atoms with E-state index in [1.54, 1.807) is 29.9 Å². The molecule has 2 aliphatic rings. The Labute approximate surface area is 254 Å². The van der Waals surface area contributed by atoms with Crippen LogP contribution in [0.15, 0.2) is 18.2 Å². The van der Waals surface area contributed by atoms with Crippen molar-refractivity contribution in [2.24, 2.45) is 0 Å². The highest BCUT2D eigenvalue weighted by atomic mass is 19.1. The van der Waals surface area contributed by atoms with Crippen LogP contribution in [0.3, 0.4) is 0 Å². The number of morpholine rings is 1. The number of hydrogen-bond acceptors (Lipinski definition) is 7. The van der Waals surface area contributed by atoms with Gasteiger partial charge in [-0.2, -0.15) is 0 Å². The minimum absolute atomic E-state index is 0.00225. The van der Waals surface area contributed by atoms with Crippen LogP contribution in [0.1, 0.15) is 81.1 Å². The van der Waals surface area contributed by atoms with E-state index in [2.05, 4.69) is 20.8 Å². The molecule has 1 fully saturated rings. The Morgan fingerprint density at radius 2 is 1.72 bits per heavy atom. The molecule has 10 heteroatoms. The monoisotopic (exact) mass is 599 g/mol. The van der Waals surface area contributed by atoms with Crippen molar-refractivity contribution in [2.45, 2.75) is 66.3 Å². The van der Waals surface area contributed by atoms with Crippen molar-refractivity contribution in [2.75, 3.05) is 53.2 Å². The number of fused-ring (bicyclic) bond motifs is 1. The van der Waals surface area contributed by atoms with Crippen molar-refractivity contribution in [1.82, 2.24) is 9.80 Å². The highest BCUT2D eigenvalue weighted by molar-refractivity contribution is 6.07. The molecule has 0 aromatic heterocycles. The lowest BCUT2D eigenvalue weighted by molar-refractivity contribution is -0.121. The minimum atomic E-state index is -0.798. The number of ether oxygens (including phenoxy) is 4. The highest BCUT2D eigenvalue weighted by Gasteiger charge is 2.45. The van der Waals surface area contributed by atoms with E-state index in [4.69, 9.17) is 24.4 Å². The zero-order valence-corrected chi connectivity index (χ0v) is 27.0. The van der Waals surface area contributed by atoms with E-state index in [-0.39, 0.29) is 41.5 Å². The molecule has 2 aromatic carbocycles. The van der Waals surface area contributed by atoms with Crippen LogP contribution in [-0.2, 0) is 20.5 Å². The summed E-state index contributed by atoms with van der Waals surface area (Å²) in [6.45, 7) is 18.9. The Morgan fingerprint density at radius 3 is 2.23 bits per heavy atom. The fourth-order valence-corrected chi connectivity index (χ4v) is 5.38. The van der Waals surface area contributed by atoms with E-state index >= 15 is 4.39 Å². The van der Waals surface area contributed by atoms with Crippen LogP contribution < -0.4 is 14.2 Å². The molecule has 0 radical (unpaired) electrons. The smallest absolute Gasteiger partial charge is 0.209 e. The third-order valence-electron chi connectivity index (χ3n) is 7.72. The number of carbonyl (C=O) groups is 2. The molecule has 43 heavy (non-hydrogen) atoms. The predicted molar refractivity (Wildman–Crippen MR) is 165 cm³/mol. The molecule has 2 aliphatic heterocycles. The normalized spacial score (nSPS) is 15.8. The van der Waals surface area contributed by atoms with Gasteiger partial charge in [0.1, 0.15) is 11.6 Å². The summed E-state index contributed by atoms with van der Waals surface area (Å²) in [6.07, 6.45) is 0.864. The van der Waals surface area contributed by atoms with Gasteiger partial charge in [-0.05, 0) is 69.4 Å². The average molecular weight is 600 g/mol. The summed E-state index contributed by atoms with van der Waals surface area (Å²) >= 11 is 0. The molecule has 1 saturated heterocycles. The lowest BCUT2D eigenvalue weighted by atomic mass is 9.83. The summed E-state index contributed by atoms with van der Waals surface area (Å²) in [6, 6.07) is 5.42. The molecule has 0 saturated carbocycles. The van der Waals surface area contributed by atoms with Gasteiger partial charge in [0.15, 0.2) is 23.1 Å². The van der Waals surface area contributed by atoms with Crippen LogP contribution in [0.4, 0.5) is 4.39 Å². The largest absolute Gasteiger partial charge is 0.496 e. The lowest BCUT2D eigenvalue weighted by Crippen LogP contribution is -2.42. The molecular weight excluding hydrogens is 553 g/mol. The number of rotatable bonds is 9. The minimum Gasteiger partial charge on any atom is -0.496 e. The topological polar surface area (TPSA) is 101 Å². The first kappa shape index (κ1) is 33.8. The fourth-order valence-electron chi connectivity index (χ4n) is 5.38. The number of aryl methyl sites for hydroxylation is 1. The van der Waals surface area contributed by atoms with Crippen LogP contribution in [0.5, 0.6) is 17.2 Å². The maximum absolute atomic E-state index is 15.6. The second-order valence-electron chi connectivity index (χ2n) is 12.1. The molecule has 0 unspecified atom stereocenters. The van der Waals surface area contributed by atoms with Crippen molar-refractivity contribution in [3.8, 4) is 17.2 Å². The molecule has 2 heterocycles. The van der Waals surface area contributed by atoms with Gasteiger partial charge >= 0.3 is 0 Å². The van der Waals surface area contributed by atoms with Gasteiger partial charge in [0.05, 0.1) is 51.2 Å². The molecule has 4 rings (SSSR count). The van der Waals surface area contributed by atoms with Gasteiger partial charge < -0.3 is 28.7 Å². The summed E-state index contributed by atoms with van der Waals surface area (Å²) in [5, 5.41) is 8.81. The lowest BCUT2D eigenvalue weighted by Gasteiger charge is -2.33. The Bertz CT molecular complexity index is 1350. The Morgan fingerprint density at radius 1 is 1.09 bits per heavy atom. The average Bonchev–Trinajstić information content (AvgIpc) is 3.15. The van der Waals surface area contributed by atoms with Gasteiger partial charge in [-0.15, -0.1) is 0 Å². The summed E-state index contributed by atoms with van der Waals surface area (Å²) < 4.78 is 37.4. The van der Waals surface area contributed by atoms with Crippen molar-refractivity contribution >= 4 is 18.0 Å². The highest BCUT2D eigenvalue weighted by Crippen LogP contribution is 2.46. The maximum Gasteiger partial charge on any atom is 0.209 e. The SMILES string of the molecule is CCOc1cc2c(c(F)c1OCC)C(=N)N(CC(=O)c1cc(C)c(OC)c(C(C)(C)C)c1)C2(C)C.O=CN1CCOCC1. The number of halogens is 1. The number of Topliss-reactive ketones (excluding diaryl/α,β-unsaturated/α-hetero) is 1. The van der Waals surface area contributed by atoms with Crippen molar-refractivity contribution < 1.29 is 32.9 Å². The van der Waals surface area contributed by atoms with E-state index < -0.39 is 11.4 Å². The molecular formula is C33H46FN3O6. The number of hydrogen-bond donors (Lipinski definition) is 1. The zero-order chi connectivity index (χ0) is 32.1. The first-order valence-electron chi connectivity index (χ1n) is 14.7. The quantitative estimate of drug-likeness (QED) is 0.301. The maximum atomic E-state index is 15.6. The Balaban J connectivity index is 0.000000546. The first-order valence-corrected chi connectivity index (χ1v) is 14.7. The van der Waals surface area contributed by atoms with E-state index in [0.29, 0.717) is 36.7 Å². The molecule has 0 aliphatic carbocycles. The van der Waals surface area contributed by atoms with E-state index in [0.717, 1.165) is 36.4 Å². The number of nitrogens with one attached hydrogen (secondary N) is 1. The van der Waals surface area contributed by atoms with E-state index in [9.17, 15) is 9.59 Å². The number of benzene rings is 2. The molecule has 9 nitrogen and oxygen atoms in total. The number of carbonyl (C=O) groups excluding carboxylic acids is 2. The number of ketones is 1. The molecule has 0 atom stereocenters. The molecule has 1 amide bonds. The number of methoxy groups -OCH3 is 1. The summed E-state index contributed by atoms with van der Waals surface area (Å²) in [7, 11) is 1.63. The molecule has 236 valence electrons. The Kier molecular flexibility index (Phi) is 10.8. The van der Waals surface area contributed by atoms with Crippen molar-refractivity contribution in [1.29, 1.82) is 5.41 Å². The van der Waals surface area contributed by atoms with E-state index in [1.807, 2.05) is 39.8 Å². The predicted octanol–water partition coefficient (Wildman–Crippen LogP) is 5.47. The number of amides is 1. The van der Waals surface area contributed by atoms with Crippen LogP contribution in [-0.4, -0.2) is 81.0 Å². The van der Waals surface area contributed by atoms with Gasteiger partial charge in [-0.3, -0.25) is 15.0 Å². The molecule has 0 spiro atoms. The summed E-state index contributed by atoms with van der Waals surface area (Å²) in [5.41, 5.74) is 2.08. The zero-order valence-electron chi connectivity index (χ0n) is 27.0. The second-order valence-corrected chi connectivity index (χ2v) is 12.1. The Hall–Kier alpha value is -3.66. The number of amidine groups is 1. The van der Waals surface area contributed by atoms with Gasteiger partial charge in [0.25, 0.3) is 0 Å². The van der Waals surface area contributed by atoms with Crippen LogP contribution >= 0.6 is 0 Å². The molecule has 2 aromatic rings. The number of nitrogens with zero attached hydrogens (tertiary/aromatic N) is 2. The standard InChI is InChI=1S/C28H37FN2O4.C5H9NO2/c1-10-34-21-14-18-22(23(29)25(21)35-11-2)26(30)31(28(18,7)8)15-20(32)17-12-16(3)24(33-9)19(13-17)27(4,5)6;7-5-6-1-3-8-4-2-6/h12-14,30H,10-11,15H2,1-9H3;5H,1-4H2. The molecule has 0 bridgehead atoms. The van der Waals surface area contributed by atoms with Crippen molar-refractivity contribution in [3.63, 3.8) is 0 Å².